The van der Waals surface area contributed by atoms with Gasteiger partial charge in [0.05, 0.1) is 6.26 Å². The number of hydrogen-bond donors (Lipinski definition) is 3. The maximum atomic E-state index is 11.7. The van der Waals surface area contributed by atoms with Gasteiger partial charge in [-0.2, -0.15) is 4.79 Å². The molecule has 0 bridgehead atoms. The molecule has 0 fully saturated rings. The summed E-state index contributed by atoms with van der Waals surface area (Å²) >= 11 is 0. The molecule has 1 heterocycles. The molecule has 3 N–H and O–H groups in total. The van der Waals surface area contributed by atoms with E-state index in [1.54, 1.807) is 0 Å². The Balaban J connectivity index is 2.61. The molecule has 9 heteroatoms. The van der Waals surface area contributed by atoms with E-state index in [1.165, 1.54) is 18.4 Å². The molecule has 1 amide bonds. The summed E-state index contributed by atoms with van der Waals surface area (Å²) in [5.74, 6) is -2.94. The van der Waals surface area contributed by atoms with Crippen molar-refractivity contribution >= 4 is 23.9 Å². The van der Waals surface area contributed by atoms with Gasteiger partial charge in [-0.1, -0.05) is 0 Å². The number of aliphatic carboxylic acids is 1. The van der Waals surface area contributed by atoms with Crippen molar-refractivity contribution in [2.24, 2.45) is 0 Å². The van der Waals surface area contributed by atoms with Crippen molar-refractivity contribution in [1.29, 1.82) is 0 Å². The Morgan fingerprint density at radius 2 is 2.19 bits per heavy atom. The first-order valence-electron chi connectivity index (χ1n) is 5.90. The number of nitrogens with one attached hydrogen (secondary N) is 1. The molecular formula is C12H13N3O6. The third kappa shape index (κ3) is 5.01. The highest BCUT2D eigenvalue weighted by atomic mass is 16.4. The van der Waals surface area contributed by atoms with Crippen molar-refractivity contribution in [1.82, 2.24) is 5.32 Å². The van der Waals surface area contributed by atoms with E-state index in [2.05, 4.69) is 10.1 Å². The first kappa shape index (κ1) is 16.3. The smallest absolute Gasteiger partial charge is 0.326 e. The standard InChI is InChI=1S/C12H13N3O6/c13-14-6-7(16)3-4-8(12(19)20)15-11(18)10(17)9-2-1-5-21-9/h1-2,5-6,8,10,17H,3-4H2,(H,15,18)(H,19,20)/t8-,10-/m0/s1. The highest BCUT2D eigenvalue weighted by Gasteiger charge is 2.26. The van der Waals surface area contributed by atoms with Crippen LogP contribution in [0.4, 0.5) is 0 Å². The van der Waals surface area contributed by atoms with Crippen LogP contribution in [0.15, 0.2) is 22.8 Å². The van der Waals surface area contributed by atoms with Gasteiger partial charge in [-0.3, -0.25) is 9.59 Å². The molecule has 112 valence electrons. The zero-order valence-corrected chi connectivity index (χ0v) is 10.8. The lowest BCUT2D eigenvalue weighted by atomic mass is 10.1. The Morgan fingerprint density at radius 1 is 1.48 bits per heavy atom. The van der Waals surface area contributed by atoms with Crippen LogP contribution in [-0.2, 0) is 14.4 Å². The molecule has 0 aromatic carbocycles. The third-order valence-electron chi connectivity index (χ3n) is 2.56. The Hall–Kier alpha value is -2.77. The fourth-order valence-electron chi connectivity index (χ4n) is 1.50. The number of carbonyl (C=O) groups is 3. The number of amides is 1. The normalized spacial score (nSPS) is 12.8. The summed E-state index contributed by atoms with van der Waals surface area (Å²) in [6, 6.07) is 1.47. The average molecular weight is 295 g/mol. The second-order valence-corrected chi connectivity index (χ2v) is 4.07. The summed E-state index contributed by atoms with van der Waals surface area (Å²) in [6.45, 7) is 0. The monoisotopic (exact) mass is 295 g/mol. The van der Waals surface area contributed by atoms with Crippen LogP contribution in [-0.4, -0.2) is 44.9 Å². The Labute approximate surface area is 118 Å². The van der Waals surface area contributed by atoms with Crippen molar-refractivity contribution in [3.05, 3.63) is 29.7 Å². The van der Waals surface area contributed by atoms with Gasteiger partial charge in [0.2, 0.25) is 5.78 Å². The molecule has 1 rings (SSSR count). The van der Waals surface area contributed by atoms with Gasteiger partial charge < -0.3 is 25.5 Å². The minimum absolute atomic E-state index is 0.0277. The van der Waals surface area contributed by atoms with Crippen LogP contribution in [0, 0.1) is 0 Å². The average Bonchev–Trinajstić information content (AvgIpc) is 2.96. The number of furan rings is 1. The number of aliphatic hydroxyl groups is 1. The van der Waals surface area contributed by atoms with E-state index in [1.807, 2.05) is 0 Å². The maximum Gasteiger partial charge on any atom is 0.326 e. The number of rotatable bonds is 8. The van der Waals surface area contributed by atoms with E-state index in [0.717, 1.165) is 0 Å². The summed E-state index contributed by atoms with van der Waals surface area (Å²) < 4.78 is 4.83. The highest BCUT2D eigenvalue weighted by Crippen LogP contribution is 2.13. The molecule has 0 aliphatic heterocycles. The van der Waals surface area contributed by atoms with E-state index < -0.39 is 29.8 Å². The molecule has 0 saturated heterocycles. The number of carbonyl (C=O) groups excluding carboxylic acids is 2. The van der Waals surface area contributed by atoms with Gasteiger partial charge in [0.15, 0.2) is 6.10 Å². The Kier molecular flexibility index (Phi) is 5.99. The number of ketones is 1. The highest BCUT2D eigenvalue weighted by molar-refractivity contribution is 6.25. The van der Waals surface area contributed by atoms with E-state index in [0.29, 0.717) is 6.21 Å². The van der Waals surface area contributed by atoms with Crippen LogP contribution in [0.25, 0.3) is 5.53 Å². The van der Waals surface area contributed by atoms with Crippen LogP contribution >= 0.6 is 0 Å². The zero-order valence-electron chi connectivity index (χ0n) is 10.8. The molecule has 1 aromatic rings. The topological polar surface area (TPSA) is 153 Å². The van der Waals surface area contributed by atoms with Crippen molar-refractivity contribution < 1.29 is 33.8 Å². The summed E-state index contributed by atoms with van der Waals surface area (Å²) in [6.07, 6.45) is -0.197. The van der Waals surface area contributed by atoms with Gasteiger partial charge in [0, 0.05) is 6.42 Å². The second kappa shape index (κ2) is 7.73. The van der Waals surface area contributed by atoms with Crippen molar-refractivity contribution in [3.63, 3.8) is 0 Å². The maximum absolute atomic E-state index is 11.7. The molecular weight excluding hydrogens is 282 g/mol. The van der Waals surface area contributed by atoms with Gasteiger partial charge in [-0.25, -0.2) is 4.79 Å². The lowest BCUT2D eigenvalue weighted by Gasteiger charge is -2.15. The molecule has 0 spiro atoms. The first-order chi connectivity index (χ1) is 9.95. The Bertz CT molecular complexity index is 562. The molecule has 9 nitrogen and oxygen atoms in total. The van der Waals surface area contributed by atoms with E-state index in [-0.39, 0.29) is 18.6 Å². The van der Waals surface area contributed by atoms with E-state index >= 15 is 0 Å². The summed E-state index contributed by atoms with van der Waals surface area (Å²) in [4.78, 5) is 36.3. The van der Waals surface area contributed by atoms with Crippen LogP contribution in [0.5, 0.6) is 0 Å². The Morgan fingerprint density at radius 3 is 2.71 bits per heavy atom. The van der Waals surface area contributed by atoms with Crippen molar-refractivity contribution in [2.75, 3.05) is 0 Å². The van der Waals surface area contributed by atoms with Crippen molar-refractivity contribution in [2.45, 2.75) is 25.0 Å². The largest absolute Gasteiger partial charge is 0.480 e. The predicted octanol–water partition coefficient (Wildman–Crippen LogP) is -0.468. The number of carboxylic acids is 1. The quantitative estimate of drug-likeness (QED) is 0.335. The molecule has 0 unspecified atom stereocenters. The number of hydrogen-bond acceptors (Lipinski definition) is 5. The number of carboxylic acid groups (broad SMARTS) is 1. The summed E-state index contributed by atoms with van der Waals surface area (Å²) in [5.41, 5.74) is 8.15. The van der Waals surface area contributed by atoms with E-state index in [4.69, 9.17) is 15.1 Å². The van der Waals surface area contributed by atoms with Gasteiger partial charge in [0.25, 0.3) is 5.91 Å². The fraction of sp³-hybridized carbons (Fsp3) is 0.333. The number of Topliss-reactive ketones (excluding diaryl/α,β-unsaturated/α-hetero) is 1. The zero-order chi connectivity index (χ0) is 15.8. The molecule has 0 aliphatic carbocycles. The molecule has 1 aromatic heterocycles. The fourth-order valence-corrected chi connectivity index (χ4v) is 1.50. The molecule has 0 aliphatic rings. The molecule has 0 saturated carbocycles. The second-order valence-electron chi connectivity index (χ2n) is 4.07. The lowest BCUT2D eigenvalue weighted by Crippen LogP contribution is -2.43. The lowest BCUT2D eigenvalue weighted by molar-refractivity contribution is -0.144. The summed E-state index contributed by atoms with van der Waals surface area (Å²) in [5, 5.41) is 20.7. The first-order valence-corrected chi connectivity index (χ1v) is 5.90. The third-order valence-corrected chi connectivity index (χ3v) is 2.56. The summed E-state index contributed by atoms with van der Waals surface area (Å²) in [7, 11) is 0. The molecule has 21 heavy (non-hydrogen) atoms. The van der Waals surface area contributed by atoms with Crippen LogP contribution in [0.2, 0.25) is 0 Å². The van der Waals surface area contributed by atoms with Gasteiger partial charge >= 0.3 is 12.2 Å². The minimum Gasteiger partial charge on any atom is -0.480 e. The molecule has 2 atom stereocenters. The van der Waals surface area contributed by atoms with Gasteiger partial charge in [-0.15, -0.1) is 0 Å². The SMILES string of the molecule is [N-]=[N+]=CC(=O)CC[C@H](NC(=O)[C@@H](O)c1ccco1)C(=O)O. The number of nitrogens with zero attached hydrogens (tertiary/aromatic N) is 2. The van der Waals surface area contributed by atoms with Crippen LogP contribution in [0.1, 0.15) is 24.7 Å². The van der Waals surface area contributed by atoms with Gasteiger partial charge in [0.1, 0.15) is 11.8 Å². The number of aliphatic hydroxyl groups excluding tert-OH is 1. The van der Waals surface area contributed by atoms with E-state index in [9.17, 15) is 19.5 Å². The van der Waals surface area contributed by atoms with Crippen molar-refractivity contribution in [3.8, 4) is 0 Å². The van der Waals surface area contributed by atoms with Crippen LogP contribution < -0.4 is 5.32 Å². The van der Waals surface area contributed by atoms with Gasteiger partial charge in [-0.05, 0) is 18.6 Å². The minimum atomic E-state index is -1.64. The van der Waals surface area contributed by atoms with Crippen LogP contribution in [0.3, 0.4) is 0 Å². The molecule has 0 radical (unpaired) electrons. The predicted molar refractivity (Wildman–Crippen MR) is 67.2 cm³/mol.